The van der Waals surface area contributed by atoms with E-state index < -0.39 is 0 Å². The maximum Gasteiger partial charge on any atom is 2.00 e. The fourth-order valence-electron chi connectivity index (χ4n) is 1.03. The first kappa shape index (κ1) is 12.5. The van der Waals surface area contributed by atoms with Crippen LogP contribution in [0.25, 0.3) is 0 Å². The Labute approximate surface area is 91.6 Å². The van der Waals surface area contributed by atoms with Gasteiger partial charge in [-0.25, -0.2) is 23.3 Å². The van der Waals surface area contributed by atoms with Crippen LogP contribution in [-0.4, -0.2) is 0 Å². The molecule has 0 saturated carbocycles. The molecule has 0 saturated heterocycles. The molecule has 13 heavy (non-hydrogen) atoms. The molecule has 0 heterocycles. The van der Waals surface area contributed by atoms with Crippen LogP contribution >= 0.6 is 0 Å². The van der Waals surface area contributed by atoms with E-state index >= 15 is 0 Å². The van der Waals surface area contributed by atoms with Gasteiger partial charge in [0, 0.05) is 0 Å². The Kier molecular flexibility index (Phi) is 6.66. The maximum atomic E-state index is 3.12. The van der Waals surface area contributed by atoms with Gasteiger partial charge in [0.15, 0.2) is 0 Å². The minimum absolute atomic E-state index is 0. The van der Waals surface area contributed by atoms with Crippen molar-refractivity contribution in [1.29, 1.82) is 0 Å². The molecule has 0 atom stereocenters. The first-order chi connectivity index (χ1) is 5.79. The summed E-state index contributed by atoms with van der Waals surface area (Å²) in [5.41, 5.74) is 2.55. The first-order valence-corrected chi connectivity index (χ1v) is 4.27. The number of allylic oxidation sites excluding steroid dienone is 8. The first-order valence-electron chi connectivity index (χ1n) is 4.27. The van der Waals surface area contributed by atoms with Gasteiger partial charge in [-0.1, -0.05) is 13.8 Å². The molecule has 0 unspecified atom stereocenters. The summed E-state index contributed by atoms with van der Waals surface area (Å²) in [5, 5.41) is 0. The van der Waals surface area contributed by atoms with Gasteiger partial charge in [-0.2, -0.15) is 12.2 Å². The van der Waals surface area contributed by atoms with E-state index in [4.69, 9.17) is 0 Å². The minimum atomic E-state index is 0. The molecule has 0 bridgehead atoms. The van der Waals surface area contributed by atoms with Crippen molar-refractivity contribution in [3.8, 4) is 0 Å². The molecular formula is C12H14Fe. The Hall–Kier alpha value is -0.521. The monoisotopic (exact) mass is 214 g/mol. The van der Waals surface area contributed by atoms with Crippen LogP contribution in [-0.2, 0) is 17.1 Å². The van der Waals surface area contributed by atoms with E-state index in [0.717, 1.165) is 12.8 Å². The molecule has 2 aliphatic carbocycles. The number of rotatable bonds is 0. The van der Waals surface area contributed by atoms with Gasteiger partial charge >= 0.3 is 17.1 Å². The van der Waals surface area contributed by atoms with E-state index in [2.05, 4.69) is 50.3 Å². The van der Waals surface area contributed by atoms with Gasteiger partial charge in [0.2, 0.25) is 0 Å². The Bertz CT molecular complexity index is 221. The molecule has 0 aromatic rings. The van der Waals surface area contributed by atoms with Crippen molar-refractivity contribution in [2.45, 2.75) is 26.7 Å². The second kappa shape index (κ2) is 6.94. The van der Waals surface area contributed by atoms with Crippen molar-refractivity contribution in [2.24, 2.45) is 0 Å². The molecule has 0 aromatic carbocycles. The summed E-state index contributed by atoms with van der Waals surface area (Å²) in [5.74, 6) is 0. The molecule has 0 nitrogen and oxygen atoms in total. The Morgan fingerprint density at radius 2 is 1.31 bits per heavy atom. The summed E-state index contributed by atoms with van der Waals surface area (Å²) in [4.78, 5) is 0. The van der Waals surface area contributed by atoms with E-state index in [-0.39, 0.29) is 17.1 Å². The smallest absolute Gasteiger partial charge is 0.270 e. The van der Waals surface area contributed by atoms with Gasteiger partial charge in [-0.15, -0.1) is 12.8 Å². The van der Waals surface area contributed by atoms with Crippen LogP contribution in [0.15, 0.2) is 35.5 Å². The van der Waals surface area contributed by atoms with Crippen LogP contribution in [0.3, 0.4) is 0 Å². The normalized spacial score (nSPS) is 17.1. The van der Waals surface area contributed by atoms with Crippen LogP contribution in [0.4, 0.5) is 0 Å². The standard InChI is InChI=1S/2C6H7.Fe/c2*1-6-4-2-3-5-6;/h2*2,4H,3H2,1H3;/q2*-1;+2. The summed E-state index contributed by atoms with van der Waals surface area (Å²) in [6.07, 6.45) is 16.7. The van der Waals surface area contributed by atoms with E-state index in [0.29, 0.717) is 0 Å². The third-order valence-corrected chi connectivity index (χ3v) is 1.73. The molecule has 70 valence electrons. The quantitative estimate of drug-likeness (QED) is 0.428. The van der Waals surface area contributed by atoms with Crippen LogP contribution in [0.5, 0.6) is 0 Å². The predicted molar refractivity (Wildman–Crippen MR) is 52.4 cm³/mol. The molecule has 0 radical (unpaired) electrons. The molecule has 0 spiro atoms. The van der Waals surface area contributed by atoms with Gasteiger partial charge < -0.3 is 0 Å². The van der Waals surface area contributed by atoms with Gasteiger partial charge in [0.05, 0.1) is 0 Å². The topological polar surface area (TPSA) is 0 Å². The molecule has 1 heteroatoms. The molecule has 0 aromatic heterocycles. The molecule has 0 aliphatic heterocycles. The van der Waals surface area contributed by atoms with Crippen LogP contribution in [0.2, 0.25) is 0 Å². The van der Waals surface area contributed by atoms with Gasteiger partial charge in [0.1, 0.15) is 0 Å². The molecule has 2 aliphatic rings. The Morgan fingerprint density at radius 1 is 0.923 bits per heavy atom. The van der Waals surface area contributed by atoms with E-state index in [1.54, 1.807) is 0 Å². The molecule has 2 rings (SSSR count). The average molecular weight is 214 g/mol. The zero-order valence-corrected chi connectivity index (χ0v) is 9.18. The molecule has 0 fully saturated rings. The average Bonchev–Trinajstić information content (AvgIpc) is 2.63. The van der Waals surface area contributed by atoms with Crippen molar-refractivity contribution < 1.29 is 17.1 Å². The third kappa shape index (κ3) is 5.68. The fourth-order valence-corrected chi connectivity index (χ4v) is 1.03. The summed E-state index contributed by atoms with van der Waals surface area (Å²) < 4.78 is 0. The number of hydrogen-bond acceptors (Lipinski definition) is 0. The van der Waals surface area contributed by atoms with Gasteiger partial charge in [-0.05, 0) is 0 Å². The zero-order chi connectivity index (χ0) is 8.81. The fraction of sp³-hybridized carbons (Fsp3) is 0.333. The van der Waals surface area contributed by atoms with Crippen molar-refractivity contribution in [2.75, 3.05) is 0 Å². The zero-order valence-electron chi connectivity index (χ0n) is 8.08. The molecule has 0 N–H and O–H groups in total. The summed E-state index contributed by atoms with van der Waals surface area (Å²) in [6, 6.07) is 0. The summed E-state index contributed by atoms with van der Waals surface area (Å²) >= 11 is 0. The molecular weight excluding hydrogens is 200 g/mol. The van der Waals surface area contributed by atoms with Crippen LogP contribution < -0.4 is 0 Å². The van der Waals surface area contributed by atoms with E-state index in [1.807, 2.05) is 0 Å². The largest absolute Gasteiger partial charge is 2.00 e. The Balaban J connectivity index is 0.000000206. The van der Waals surface area contributed by atoms with Crippen LogP contribution in [0, 0.1) is 12.2 Å². The van der Waals surface area contributed by atoms with Crippen LogP contribution in [0.1, 0.15) is 26.7 Å². The van der Waals surface area contributed by atoms with E-state index in [9.17, 15) is 0 Å². The van der Waals surface area contributed by atoms with Crippen molar-refractivity contribution in [3.63, 3.8) is 0 Å². The second-order valence-corrected chi connectivity index (χ2v) is 2.93. The molecule has 0 amide bonds. The van der Waals surface area contributed by atoms with Crippen molar-refractivity contribution in [1.82, 2.24) is 0 Å². The third-order valence-electron chi connectivity index (χ3n) is 1.73. The van der Waals surface area contributed by atoms with Crippen molar-refractivity contribution in [3.05, 3.63) is 47.6 Å². The van der Waals surface area contributed by atoms with E-state index in [1.165, 1.54) is 11.1 Å². The Morgan fingerprint density at radius 3 is 1.38 bits per heavy atom. The number of hydrogen-bond donors (Lipinski definition) is 0. The second-order valence-electron chi connectivity index (χ2n) is 2.93. The minimum Gasteiger partial charge on any atom is -0.270 e. The summed E-state index contributed by atoms with van der Waals surface area (Å²) in [7, 11) is 0. The SMILES string of the molecule is CC1=[C-]CC=C1.CC1=[C-]CC=C1.[Fe+2]. The van der Waals surface area contributed by atoms with Crippen molar-refractivity contribution >= 4 is 0 Å². The van der Waals surface area contributed by atoms with Gasteiger partial charge in [0.25, 0.3) is 0 Å². The summed E-state index contributed by atoms with van der Waals surface area (Å²) in [6.45, 7) is 4.12. The maximum absolute atomic E-state index is 3.12. The predicted octanol–water partition coefficient (Wildman–Crippen LogP) is 3.39. The van der Waals surface area contributed by atoms with Gasteiger partial charge in [-0.3, -0.25) is 12.2 Å².